The fraction of sp³-hybridized carbons (Fsp3) is 0.385. The van der Waals surface area contributed by atoms with Gasteiger partial charge in [0.2, 0.25) is 0 Å². The summed E-state index contributed by atoms with van der Waals surface area (Å²) in [5.41, 5.74) is -0.306. The smallest absolute Gasteiger partial charge is 0.339 e. The number of rotatable bonds is 13. The van der Waals surface area contributed by atoms with E-state index in [1.54, 1.807) is 12.1 Å². The molecule has 0 aliphatic heterocycles. The van der Waals surface area contributed by atoms with Crippen molar-refractivity contribution in [1.82, 2.24) is 0 Å². The average Bonchev–Trinajstić information content (AvgIpc) is 2.89. The van der Waals surface area contributed by atoms with Gasteiger partial charge >= 0.3 is 23.9 Å². The maximum absolute atomic E-state index is 12.5. The van der Waals surface area contributed by atoms with E-state index in [0.29, 0.717) is 19.3 Å². The van der Waals surface area contributed by atoms with Gasteiger partial charge in [-0.15, -0.1) is 0 Å². The van der Waals surface area contributed by atoms with E-state index < -0.39 is 30.0 Å². The average molecular weight is 505 g/mol. The molecule has 2 aromatic rings. The van der Waals surface area contributed by atoms with Gasteiger partial charge in [0.15, 0.2) is 0 Å². The number of hydrogen-bond donors (Lipinski definition) is 4. The van der Waals surface area contributed by atoms with Crippen LogP contribution in [0.15, 0.2) is 48.5 Å². The number of aliphatic hydroxyl groups excluding tert-OH is 2. The molecule has 1 atom stereocenters. The molecule has 2 rings (SSSR count). The summed E-state index contributed by atoms with van der Waals surface area (Å²) in [5, 5.41) is 33.7. The first-order valence-corrected chi connectivity index (χ1v) is 11.5. The van der Waals surface area contributed by atoms with Gasteiger partial charge in [-0.25, -0.2) is 19.2 Å². The Morgan fingerprint density at radius 2 is 1.17 bits per heavy atom. The molecule has 0 aromatic heterocycles. The van der Waals surface area contributed by atoms with Crippen molar-refractivity contribution in [2.24, 2.45) is 0 Å². The predicted molar refractivity (Wildman–Crippen MR) is 129 cm³/mol. The van der Waals surface area contributed by atoms with Crippen LogP contribution in [-0.4, -0.2) is 70.2 Å². The summed E-state index contributed by atoms with van der Waals surface area (Å²) in [6, 6.07) is 11.6. The Morgan fingerprint density at radius 1 is 0.722 bits per heavy atom. The first-order chi connectivity index (χ1) is 17.3. The number of hydrogen-bond acceptors (Lipinski definition) is 8. The van der Waals surface area contributed by atoms with E-state index in [9.17, 15) is 29.4 Å². The van der Waals surface area contributed by atoms with Crippen LogP contribution in [0.5, 0.6) is 0 Å². The second-order valence-electron chi connectivity index (χ2n) is 7.60. The quantitative estimate of drug-likeness (QED) is 0.234. The summed E-state index contributed by atoms with van der Waals surface area (Å²) in [7, 11) is 0. The molecule has 0 saturated carbocycles. The number of unbranched alkanes of at least 4 members (excludes halogenated alkanes) is 1. The topological polar surface area (TPSA) is 168 Å². The molecule has 0 aliphatic rings. The van der Waals surface area contributed by atoms with Gasteiger partial charge in [-0.2, -0.15) is 0 Å². The molecule has 2 aromatic carbocycles. The predicted octanol–water partition coefficient (Wildman–Crippen LogP) is 3.41. The normalized spacial score (nSPS) is 11.0. The van der Waals surface area contributed by atoms with Gasteiger partial charge in [-0.05, 0) is 43.5 Å². The monoisotopic (exact) mass is 504 g/mol. The lowest BCUT2D eigenvalue weighted by Gasteiger charge is -2.18. The van der Waals surface area contributed by atoms with Crippen LogP contribution in [0.2, 0.25) is 0 Å². The van der Waals surface area contributed by atoms with Crippen molar-refractivity contribution in [1.29, 1.82) is 0 Å². The molecular weight excluding hydrogens is 472 g/mol. The zero-order valence-electron chi connectivity index (χ0n) is 20.1. The van der Waals surface area contributed by atoms with Crippen molar-refractivity contribution in [3.05, 3.63) is 70.8 Å². The van der Waals surface area contributed by atoms with Crippen LogP contribution in [0.4, 0.5) is 0 Å². The number of carboxylic acids is 2. The Balaban J connectivity index is 0.00000150. The number of esters is 2. The number of benzene rings is 2. The minimum absolute atomic E-state index is 0.0156. The Morgan fingerprint density at radius 3 is 1.61 bits per heavy atom. The highest BCUT2D eigenvalue weighted by Crippen LogP contribution is 2.17. The van der Waals surface area contributed by atoms with Gasteiger partial charge in [0.05, 0.1) is 42.1 Å². The van der Waals surface area contributed by atoms with Crippen molar-refractivity contribution in [3.63, 3.8) is 0 Å². The number of carboxylic acid groups (broad SMARTS) is 2. The molecule has 0 spiro atoms. The van der Waals surface area contributed by atoms with Crippen LogP contribution in [-0.2, 0) is 9.47 Å². The van der Waals surface area contributed by atoms with Crippen molar-refractivity contribution in [3.8, 4) is 0 Å². The minimum Gasteiger partial charge on any atom is -0.478 e. The second-order valence-corrected chi connectivity index (χ2v) is 7.60. The molecule has 10 heteroatoms. The Kier molecular flexibility index (Phi) is 14.1. The van der Waals surface area contributed by atoms with Crippen molar-refractivity contribution in [2.45, 2.75) is 45.1 Å². The van der Waals surface area contributed by atoms with Crippen LogP contribution in [0.25, 0.3) is 0 Å². The second kappa shape index (κ2) is 16.8. The lowest BCUT2D eigenvalue weighted by molar-refractivity contribution is 0.0211. The SMILES string of the molecule is CCCCC(CCCOC(=O)c1ccccc1C(=O)O)OC(=O)c1ccccc1C(=O)O.OCCO. The Labute approximate surface area is 209 Å². The zero-order valence-corrected chi connectivity index (χ0v) is 20.1. The third-order valence-electron chi connectivity index (χ3n) is 4.91. The molecule has 0 radical (unpaired) electrons. The number of carbonyl (C=O) groups is 4. The fourth-order valence-electron chi connectivity index (χ4n) is 3.16. The summed E-state index contributed by atoms with van der Waals surface area (Å²) in [4.78, 5) is 47.4. The van der Waals surface area contributed by atoms with Gasteiger partial charge < -0.3 is 29.9 Å². The molecular formula is C26H32O10. The summed E-state index contributed by atoms with van der Waals surface area (Å²) in [6.45, 7) is 1.78. The van der Waals surface area contributed by atoms with Crippen LogP contribution in [0.1, 0.15) is 80.5 Å². The molecule has 1 unspecified atom stereocenters. The van der Waals surface area contributed by atoms with Gasteiger partial charge in [-0.3, -0.25) is 0 Å². The zero-order chi connectivity index (χ0) is 26.9. The third kappa shape index (κ3) is 10.2. The largest absolute Gasteiger partial charge is 0.478 e. The Hall–Kier alpha value is -3.76. The molecule has 0 bridgehead atoms. The number of aliphatic hydroxyl groups is 2. The molecule has 0 aliphatic carbocycles. The van der Waals surface area contributed by atoms with Crippen LogP contribution in [0.3, 0.4) is 0 Å². The minimum atomic E-state index is -1.22. The highest BCUT2D eigenvalue weighted by molar-refractivity contribution is 6.03. The molecule has 10 nitrogen and oxygen atoms in total. The third-order valence-corrected chi connectivity index (χ3v) is 4.91. The molecule has 0 amide bonds. The van der Waals surface area contributed by atoms with Crippen molar-refractivity contribution >= 4 is 23.9 Å². The maximum atomic E-state index is 12.5. The Bertz CT molecular complexity index is 1000. The standard InChI is InChI=1S/C24H26O8.C2H6O2/c1-2-3-9-16(32-24(30)20-14-7-5-12-18(20)22(27)28)10-8-15-31-23(29)19-13-6-4-11-17(19)21(25)26;3-1-2-4/h4-7,11-14,16H,2-3,8-10,15H2,1H3,(H,25,26)(H,27,28);3-4H,1-2H2. The first-order valence-electron chi connectivity index (χ1n) is 11.5. The summed E-state index contributed by atoms with van der Waals surface area (Å²) >= 11 is 0. The first kappa shape index (κ1) is 30.3. The van der Waals surface area contributed by atoms with Gasteiger partial charge in [0, 0.05) is 0 Å². The highest BCUT2D eigenvalue weighted by atomic mass is 16.5. The van der Waals surface area contributed by atoms with E-state index in [1.165, 1.54) is 36.4 Å². The molecule has 36 heavy (non-hydrogen) atoms. The van der Waals surface area contributed by atoms with E-state index in [-0.39, 0.29) is 42.1 Å². The van der Waals surface area contributed by atoms with E-state index in [1.807, 2.05) is 6.92 Å². The fourth-order valence-corrected chi connectivity index (χ4v) is 3.16. The lowest BCUT2D eigenvalue weighted by Crippen LogP contribution is -2.21. The van der Waals surface area contributed by atoms with E-state index in [0.717, 1.165) is 12.8 Å². The van der Waals surface area contributed by atoms with E-state index in [4.69, 9.17) is 19.7 Å². The van der Waals surface area contributed by atoms with Crippen LogP contribution < -0.4 is 0 Å². The number of carbonyl (C=O) groups excluding carboxylic acids is 2. The summed E-state index contributed by atoms with van der Waals surface area (Å²) in [5.74, 6) is -3.88. The van der Waals surface area contributed by atoms with Gasteiger partial charge in [0.25, 0.3) is 0 Å². The van der Waals surface area contributed by atoms with E-state index in [2.05, 4.69) is 0 Å². The van der Waals surface area contributed by atoms with Gasteiger partial charge in [-0.1, -0.05) is 44.0 Å². The lowest BCUT2D eigenvalue weighted by atomic mass is 10.1. The van der Waals surface area contributed by atoms with Crippen LogP contribution in [0, 0.1) is 0 Å². The van der Waals surface area contributed by atoms with Crippen molar-refractivity contribution in [2.75, 3.05) is 19.8 Å². The van der Waals surface area contributed by atoms with E-state index >= 15 is 0 Å². The molecule has 0 heterocycles. The van der Waals surface area contributed by atoms with Gasteiger partial charge in [0.1, 0.15) is 6.10 Å². The van der Waals surface area contributed by atoms with Crippen LogP contribution >= 0.6 is 0 Å². The highest BCUT2D eigenvalue weighted by Gasteiger charge is 2.21. The molecule has 0 saturated heterocycles. The summed E-state index contributed by atoms with van der Waals surface area (Å²) < 4.78 is 10.7. The summed E-state index contributed by atoms with van der Waals surface area (Å²) in [6.07, 6.45) is 2.63. The molecule has 4 N–H and O–H groups in total. The maximum Gasteiger partial charge on any atom is 0.339 e. The molecule has 0 fully saturated rings. The number of aromatic carboxylic acids is 2. The number of ether oxygens (including phenoxy) is 2. The molecule has 196 valence electrons. The van der Waals surface area contributed by atoms with Crippen molar-refractivity contribution < 1.29 is 49.1 Å².